The molecule has 0 saturated carbocycles. The zero-order chi connectivity index (χ0) is 13.2. The Morgan fingerprint density at radius 3 is 2.89 bits per heavy atom. The van der Waals surface area contributed by atoms with Gasteiger partial charge in [0.05, 0.1) is 6.54 Å². The molecule has 7 heteroatoms. The van der Waals surface area contributed by atoms with E-state index in [4.69, 9.17) is 9.26 Å². The minimum atomic E-state index is 0.464. The second kappa shape index (κ2) is 8.46. The quantitative estimate of drug-likeness (QED) is 0.418. The summed E-state index contributed by atoms with van der Waals surface area (Å²) in [6.07, 6.45) is 0.939. The van der Waals surface area contributed by atoms with Crippen LogP contribution >= 0.6 is 0 Å². The lowest BCUT2D eigenvalue weighted by Gasteiger charge is -2.10. The molecular weight excluding hydrogens is 234 g/mol. The van der Waals surface area contributed by atoms with Crippen molar-refractivity contribution >= 4 is 5.96 Å². The van der Waals surface area contributed by atoms with Gasteiger partial charge in [-0.1, -0.05) is 5.16 Å². The van der Waals surface area contributed by atoms with Crippen LogP contribution in [-0.2, 0) is 11.3 Å². The van der Waals surface area contributed by atoms with Crippen LogP contribution in [0.1, 0.15) is 25.1 Å². The fourth-order valence-electron chi connectivity index (χ4n) is 1.32. The third-order valence-corrected chi connectivity index (χ3v) is 2.16. The monoisotopic (exact) mass is 255 g/mol. The summed E-state index contributed by atoms with van der Waals surface area (Å²) >= 11 is 0. The average molecular weight is 255 g/mol. The van der Waals surface area contributed by atoms with Crippen LogP contribution in [0.4, 0.5) is 0 Å². The summed E-state index contributed by atoms with van der Waals surface area (Å²) in [5.74, 6) is 1.89. The van der Waals surface area contributed by atoms with Gasteiger partial charge >= 0.3 is 0 Å². The van der Waals surface area contributed by atoms with E-state index in [2.05, 4.69) is 25.8 Å². The minimum Gasteiger partial charge on any atom is -0.382 e. The first kappa shape index (κ1) is 14.4. The molecule has 0 saturated heterocycles. The highest BCUT2D eigenvalue weighted by molar-refractivity contribution is 5.79. The van der Waals surface area contributed by atoms with Crippen molar-refractivity contribution in [3.05, 3.63) is 11.7 Å². The smallest absolute Gasteiger partial charge is 0.246 e. The van der Waals surface area contributed by atoms with Crippen LogP contribution in [0.2, 0.25) is 0 Å². The van der Waals surface area contributed by atoms with Crippen molar-refractivity contribution in [1.82, 2.24) is 20.8 Å². The third-order valence-electron chi connectivity index (χ3n) is 2.16. The molecule has 18 heavy (non-hydrogen) atoms. The number of nitrogens with one attached hydrogen (secondary N) is 2. The Morgan fingerprint density at radius 1 is 1.44 bits per heavy atom. The van der Waals surface area contributed by atoms with Gasteiger partial charge in [0.2, 0.25) is 5.89 Å². The number of aromatic nitrogens is 2. The van der Waals surface area contributed by atoms with Crippen LogP contribution in [0.5, 0.6) is 0 Å². The lowest BCUT2D eigenvalue weighted by Crippen LogP contribution is -2.37. The van der Waals surface area contributed by atoms with Crippen molar-refractivity contribution in [1.29, 1.82) is 0 Å². The molecule has 0 aromatic carbocycles. The SMILES string of the molecule is CCOCCCNC(=NC)NCc1nc(C)no1. The van der Waals surface area contributed by atoms with E-state index in [9.17, 15) is 0 Å². The molecule has 0 unspecified atom stereocenters. The first-order chi connectivity index (χ1) is 8.76. The molecule has 0 radical (unpaired) electrons. The van der Waals surface area contributed by atoms with E-state index >= 15 is 0 Å². The van der Waals surface area contributed by atoms with Gasteiger partial charge in [0.25, 0.3) is 0 Å². The zero-order valence-corrected chi connectivity index (χ0v) is 11.2. The van der Waals surface area contributed by atoms with Crippen molar-refractivity contribution in [2.45, 2.75) is 26.8 Å². The molecule has 1 aromatic rings. The van der Waals surface area contributed by atoms with E-state index in [1.54, 1.807) is 14.0 Å². The maximum absolute atomic E-state index is 5.25. The van der Waals surface area contributed by atoms with Crippen molar-refractivity contribution in [3.8, 4) is 0 Å². The summed E-state index contributed by atoms with van der Waals surface area (Å²) in [7, 11) is 1.72. The highest BCUT2D eigenvalue weighted by Crippen LogP contribution is 1.94. The summed E-state index contributed by atoms with van der Waals surface area (Å²) in [6, 6.07) is 0. The topological polar surface area (TPSA) is 84.6 Å². The van der Waals surface area contributed by atoms with Gasteiger partial charge in [0, 0.05) is 26.8 Å². The Bertz CT molecular complexity index is 364. The fourth-order valence-corrected chi connectivity index (χ4v) is 1.32. The van der Waals surface area contributed by atoms with E-state index in [-0.39, 0.29) is 0 Å². The van der Waals surface area contributed by atoms with E-state index < -0.39 is 0 Å². The predicted molar refractivity (Wildman–Crippen MR) is 68.3 cm³/mol. The number of guanidine groups is 1. The normalized spacial score (nSPS) is 11.6. The molecule has 0 aliphatic carbocycles. The van der Waals surface area contributed by atoms with Gasteiger partial charge in [-0.05, 0) is 20.3 Å². The van der Waals surface area contributed by atoms with E-state index in [1.807, 2.05) is 6.92 Å². The number of hydrogen-bond donors (Lipinski definition) is 2. The Hall–Kier alpha value is -1.63. The molecule has 1 heterocycles. The number of aliphatic imine (C=N–C) groups is 1. The molecule has 7 nitrogen and oxygen atoms in total. The molecule has 102 valence electrons. The maximum Gasteiger partial charge on any atom is 0.246 e. The predicted octanol–water partition coefficient (Wildman–Crippen LogP) is 0.470. The lowest BCUT2D eigenvalue weighted by atomic mass is 10.4. The Labute approximate surface area is 107 Å². The fraction of sp³-hybridized carbons (Fsp3) is 0.727. The molecule has 0 aliphatic heterocycles. The van der Waals surface area contributed by atoms with Crippen LogP contribution in [0.25, 0.3) is 0 Å². The Balaban J connectivity index is 2.18. The highest BCUT2D eigenvalue weighted by atomic mass is 16.5. The van der Waals surface area contributed by atoms with Crippen molar-refractivity contribution in [2.24, 2.45) is 4.99 Å². The zero-order valence-electron chi connectivity index (χ0n) is 11.2. The van der Waals surface area contributed by atoms with E-state index in [0.29, 0.717) is 24.2 Å². The van der Waals surface area contributed by atoms with Gasteiger partial charge in [0.1, 0.15) is 0 Å². The number of rotatable bonds is 7. The largest absolute Gasteiger partial charge is 0.382 e. The van der Waals surface area contributed by atoms with E-state index in [0.717, 1.165) is 26.2 Å². The molecular formula is C11H21N5O2. The number of ether oxygens (including phenoxy) is 1. The molecule has 0 fully saturated rings. The number of aryl methyl sites for hydroxylation is 1. The summed E-state index contributed by atoms with van der Waals surface area (Å²) in [4.78, 5) is 8.19. The van der Waals surface area contributed by atoms with Gasteiger partial charge in [-0.3, -0.25) is 4.99 Å². The van der Waals surface area contributed by atoms with Crippen molar-refractivity contribution in [2.75, 3.05) is 26.8 Å². The van der Waals surface area contributed by atoms with Crippen LogP contribution in [-0.4, -0.2) is 42.9 Å². The van der Waals surface area contributed by atoms with Crippen LogP contribution in [0.15, 0.2) is 9.52 Å². The first-order valence-corrected chi connectivity index (χ1v) is 6.07. The van der Waals surface area contributed by atoms with Crippen molar-refractivity contribution in [3.63, 3.8) is 0 Å². The first-order valence-electron chi connectivity index (χ1n) is 6.07. The molecule has 2 N–H and O–H groups in total. The minimum absolute atomic E-state index is 0.464. The van der Waals surface area contributed by atoms with Gasteiger partial charge in [-0.2, -0.15) is 4.98 Å². The van der Waals surface area contributed by atoms with Gasteiger partial charge < -0.3 is 19.9 Å². The summed E-state index contributed by atoms with van der Waals surface area (Å²) in [5, 5.41) is 9.98. The molecule has 0 aliphatic rings. The maximum atomic E-state index is 5.25. The molecule has 0 spiro atoms. The van der Waals surface area contributed by atoms with Crippen LogP contribution < -0.4 is 10.6 Å². The summed E-state index contributed by atoms with van der Waals surface area (Å²) in [6.45, 7) is 6.55. The summed E-state index contributed by atoms with van der Waals surface area (Å²) in [5.41, 5.74) is 0. The standard InChI is InChI=1S/C11H21N5O2/c1-4-17-7-5-6-13-11(12-3)14-8-10-15-9(2)16-18-10/h4-8H2,1-3H3,(H2,12,13,14). The number of nitrogens with zero attached hydrogens (tertiary/aromatic N) is 3. The van der Waals surface area contributed by atoms with Crippen LogP contribution in [0.3, 0.4) is 0 Å². The van der Waals surface area contributed by atoms with Crippen molar-refractivity contribution < 1.29 is 9.26 Å². The Morgan fingerprint density at radius 2 is 2.28 bits per heavy atom. The second-order valence-corrected chi connectivity index (χ2v) is 3.64. The summed E-state index contributed by atoms with van der Waals surface area (Å²) < 4.78 is 10.2. The molecule has 0 bridgehead atoms. The molecule has 1 rings (SSSR count). The lowest BCUT2D eigenvalue weighted by molar-refractivity contribution is 0.145. The van der Waals surface area contributed by atoms with E-state index in [1.165, 1.54) is 0 Å². The highest BCUT2D eigenvalue weighted by Gasteiger charge is 2.03. The van der Waals surface area contributed by atoms with Gasteiger partial charge in [-0.25, -0.2) is 0 Å². The van der Waals surface area contributed by atoms with Crippen LogP contribution in [0, 0.1) is 6.92 Å². The average Bonchev–Trinajstić information content (AvgIpc) is 2.78. The number of hydrogen-bond acceptors (Lipinski definition) is 5. The second-order valence-electron chi connectivity index (χ2n) is 3.64. The van der Waals surface area contributed by atoms with Gasteiger partial charge in [-0.15, -0.1) is 0 Å². The van der Waals surface area contributed by atoms with Gasteiger partial charge in [0.15, 0.2) is 11.8 Å². The molecule has 0 amide bonds. The Kier molecular flexibility index (Phi) is 6.78. The molecule has 1 aromatic heterocycles. The third kappa shape index (κ3) is 5.62. The molecule has 0 atom stereocenters.